The highest BCUT2D eigenvalue weighted by Gasteiger charge is 2.11. The van der Waals surface area contributed by atoms with Crippen LogP contribution in [0.2, 0.25) is 5.15 Å². The molecule has 0 saturated heterocycles. The molecule has 2 heterocycles. The van der Waals surface area contributed by atoms with E-state index in [1.54, 1.807) is 5.51 Å². The molecule has 90 valence electrons. The van der Waals surface area contributed by atoms with E-state index in [1.807, 2.05) is 6.92 Å². The second-order valence-corrected chi connectivity index (χ2v) is 5.84. The van der Waals surface area contributed by atoms with Crippen molar-refractivity contribution in [1.82, 2.24) is 20.2 Å². The van der Waals surface area contributed by atoms with E-state index in [2.05, 4.69) is 27.1 Å². The summed E-state index contributed by atoms with van der Waals surface area (Å²) < 4.78 is 0.866. The van der Waals surface area contributed by atoms with Gasteiger partial charge in [0.1, 0.15) is 21.5 Å². The van der Waals surface area contributed by atoms with Gasteiger partial charge in [0.25, 0.3) is 0 Å². The summed E-state index contributed by atoms with van der Waals surface area (Å²) in [7, 11) is 0. The van der Waals surface area contributed by atoms with Crippen molar-refractivity contribution >= 4 is 34.7 Å². The quantitative estimate of drug-likeness (QED) is 0.806. The summed E-state index contributed by atoms with van der Waals surface area (Å²) >= 11 is 9.07. The first-order valence-electron chi connectivity index (χ1n) is 5.17. The Labute approximate surface area is 113 Å². The molecule has 0 amide bonds. The first kappa shape index (κ1) is 12.7. The minimum atomic E-state index is 0.524. The normalized spacial score (nSPS) is 10.8. The molecule has 0 aliphatic rings. The molecule has 17 heavy (non-hydrogen) atoms. The standard InChI is InChI=1S/C10H11ClN4S2/c1-3-4-7-13-8(11)6(2)9(14-7)17-10-15-12-5-16-10/h5H,3-4H2,1-2H3. The lowest BCUT2D eigenvalue weighted by Gasteiger charge is -2.06. The number of rotatable bonds is 4. The topological polar surface area (TPSA) is 51.6 Å². The molecule has 0 aliphatic carbocycles. The molecular weight excluding hydrogens is 276 g/mol. The van der Waals surface area contributed by atoms with Crippen LogP contribution < -0.4 is 0 Å². The van der Waals surface area contributed by atoms with Gasteiger partial charge in [-0.15, -0.1) is 10.2 Å². The molecule has 0 aliphatic heterocycles. The van der Waals surface area contributed by atoms with E-state index in [0.717, 1.165) is 33.6 Å². The van der Waals surface area contributed by atoms with Gasteiger partial charge in [0.05, 0.1) is 0 Å². The van der Waals surface area contributed by atoms with Gasteiger partial charge in [-0.3, -0.25) is 0 Å². The van der Waals surface area contributed by atoms with Gasteiger partial charge in [0, 0.05) is 12.0 Å². The van der Waals surface area contributed by atoms with Crippen LogP contribution in [0.25, 0.3) is 0 Å². The van der Waals surface area contributed by atoms with Gasteiger partial charge in [0.2, 0.25) is 0 Å². The molecule has 7 heteroatoms. The smallest absolute Gasteiger partial charge is 0.180 e. The average molecular weight is 287 g/mol. The highest BCUT2D eigenvalue weighted by molar-refractivity contribution is 8.01. The Hall–Kier alpha value is -0.720. The molecule has 0 aromatic carbocycles. The number of halogens is 1. The predicted octanol–water partition coefficient (Wildman–Crippen LogP) is 3.39. The highest BCUT2D eigenvalue weighted by Crippen LogP contribution is 2.31. The number of aromatic nitrogens is 4. The van der Waals surface area contributed by atoms with E-state index >= 15 is 0 Å². The lowest BCUT2D eigenvalue weighted by Crippen LogP contribution is -1.99. The fourth-order valence-electron chi connectivity index (χ4n) is 1.24. The SMILES string of the molecule is CCCc1nc(Cl)c(C)c(Sc2nncs2)n1. The van der Waals surface area contributed by atoms with Gasteiger partial charge in [-0.2, -0.15) is 0 Å². The molecule has 0 bridgehead atoms. The molecule has 0 unspecified atom stereocenters. The zero-order valence-electron chi connectivity index (χ0n) is 9.47. The Bertz CT molecular complexity index is 501. The van der Waals surface area contributed by atoms with E-state index in [-0.39, 0.29) is 0 Å². The number of hydrogen-bond acceptors (Lipinski definition) is 6. The molecule has 0 spiro atoms. The summed E-state index contributed by atoms with van der Waals surface area (Å²) in [5.41, 5.74) is 2.60. The minimum Gasteiger partial charge on any atom is -0.226 e. The molecule has 0 atom stereocenters. The molecule has 0 saturated carbocycles. The van der Waals surface area contributed by atoms with Crippen LogP contribution in [0, 0.1) is 6.92 Å². The number of hydrogen-bond donors (Lipinski definition) is 0. The second kappa shape index (κ2) is 5.75. The van der Waals surface area contributed by atoms with Crippen LogP contribution in [0.1, 0.15) is 24.7 Å². The Morgan fingerprint density at radius 3 is 2.88 bits per heavy atom. The van der Waals surface area contributed by atoms with Crippen LogP contribution in [0.3, 0.4) is 0 Å². The summed E-state index contributed by atoms with van der Waals surface area (Å²) in [5, 5.41) is 9.18. The number of nitrogens with zero attached hydrogens (tertiary/aromatic N) is 4. The van der Waals surface area contributed by atoms with Gasteiger partial charge in [0.15, 0.2) is 4.34 Å². The Morgan fingerprint density at radius 1 is 1.41 bits per heavy atom. The van der Waals surface area contributed by atoms with Crippen molar-refractivity contribution in [2.24, 2.45) is 0 Å². The van der Waals surface area contributed by atoms with Gasteiger partial charge in [-0.25, -0.2) is 9.97 Å². The van der Waals surface area contributed by atoms with Crippen molar-refractivity contribution in [3.05, 3.63) is 22.1 Å². The molecular formula is C10H11ClN4S2. The summed E-state index contributed by atoms with van der Waals surface area (Å²) in [6.07, 6.45) is 1.84. The van der Waals surface area contributed by atoms with E-state index < -0.39 is 0 Å². The zero-order chi connectivity index (χ0) is 12.3. The summed E-state index contributed by atoms with van der Waals surface area (Å²) in [6.45, 7) is 4.01. The molecule has 2 aromatic rings. The Morgan fingerprint density at radius 2 is 2.24 bits per heavy atom. The molecule has 0 radical (unpaired) electrons. The predicted molar refractivity (Wildman–Crippen MR) is 69.8 cm³/mol. The van der Waals surface area contributed by atoms with E-state index in [0.29, 0.717) is 5.15 Å². The van der Waals surface area contributed by atoms with E-state index in [1.165, 1.54) is 23.1 Å². The maximum atomic E-state index is 6.10. The zero-order valence-corrected chi connectivity index (χ0v) is 11.9. The average Bonchev–Trinajstić information content (AvgIpc) is 2.78. The molecule has 0 fully saturated rings. The van der Waals surface area contributed by atoms with Crippen molar-refractivity contribution in [1.29, 1.82) is 0 Å². The second-order valence-electron chi connectivity index (χ2n) is 3.42. The fourth-order valence-corrected chi connectivity index (χ4v) is 2.97. The molecule has 2 aromatic heterocycles. The summed E-state index contributed by atoms with van der Waals surface area (Å²) in [5.74, 6) is 0.787. The Balaban J connectivity index is 2.31. The monoisotopic (exact) mass is 286 g/mol. The van der Waals surface area contributed by atoms with Crippen LogP contribution in [0.4, 0.5) is 0 Å². The molecule has 0 N–H and O–H groups in total. The minimum absolute atomic E-state index is 0.524. The van der Waals surface area contributed by atoms with E-state index in [4.69, 9.17) is 11.6 Å². The third-order valence-electron chi connectivity index (χ3n) is 2.09. The summed E-state index contributed by atoms with van der Waals surface area (Å²) in [4.78, 5) is 8.76. The van der Waals surface area contributed by atoms with Crippen LogP contribution in [0.5, 0.6) is 0 Å². The lowest BCUT2D eigenvalue weighted by molar-refractivity contribution is 0.801. The van der Waals surface area contributed by atoms with Crippen LogP contribution in [0.15, 0.2) is 14.9 Å². The maximum Gasteiger partial charge on any atom is 0.180 e. The van der Waals surface area contributed by atoms with Crippen molar-refractivity contribution in [3.8, 4) is 0 Å². The van der Waals surface area contributed by atoms with Gasteiger partial charge in [-0.1, -0.05) is 29.9 Å². The first-order valence-corrected chi connectivity index (χ1v) is 7.25. The van der Waals surface area contributed by atoms with Gasteiger partial charge >= 0.3 is 0 Å². The lowest BCUT2D eigenvalue weighted by atomic mass is 10.3. The van der Waals surface area contributed by atoms with Crippen molar-refractivity contribution in [2.45, 2.75) is 36.1 Å². The molecule has 2 rings (SSSR count). The fraction of sp³-hybridized carbons (Fsp3) is 0.400. The van der Waals surface area contributed by atoms with Crippen LogP contribution in [-0.4, -0.2) is 20.2 Å². The highest BCUT2D eigenvalue weighted by atomic mass is 35.5. The number of aryl methyl sites for hydroxylation is 1. The summed E-state index contributed by atoms with van der Waals surface area (Å²) in [6, 6.07) is 0. The van der Waals surface area contributed by atoms with Crippen molar-refractivity contribution in [2.75, 3.05) is 0 Å². The maximum absolute atomic E-state index is 6.10. The molecule has 4 nitrogen and oxygen atoms in total. The largest absolute Gasteiger partial charge is 0.226 e. The Kier molecular flexibility index (Phi) is 4.31. The first-order chi connectivity index (χ1) is 8.20. The van der Waals surface area contributed by atoms with Crippen LogP contribution in [-0.2, 0) is 6.42 Å². The van der Waals surface area contributed by atoms with E-state index in [9.17, 15) is 0 Å². The third-order valence-corrected chi connectivity index (χ3v) is 4.32. The third kappa shape index (κ3) is 3.14. The van der Waals surface area contributed by atoms with Crippen LogP contribution >= 0.6 is 34.7 Å². The van der Waals surface area contributed by atoms with Gasteiger partial charge in [-0.05, 0) is 25.1 Å². The van der Waals surface area contributed by atoms with Crippen molar-refractivity contribution in [3.63, 3.8) is 0 Å². The van der Waals surface area contributed by atoms with Crippen molar-refractivity contribution < 1.29 is 0 Å². The van der Waals surface area contributed by atoms with Gasteiger partial charge < -0.3 is 0 Å².